The Balaban J connectivity index is 1.60. The number of amides is 1. The summed E-state index contributed by atoms with van der Waals surface area (Å²) in [6.45, 7) is 0.552. The molecule has 1 aromatic rings. The predicted molar refractivity (Wildman–Crippen MR) is 82.5 cm³/mol. The van der Waals surface area contributed by atoms with Crippen LogP contribution in [-0.4, -0.2) is 47.1 Å². The molecule has 0 unspecified atom stereocenters. The molecule has 0 aliphatic heterocycles. The van der Waals surface area contributed by atoms with Crippen molar-refractivity contribution in [3.8, 4) is 0 Å². The van der Waals surface area contributed by atoms with Crippen LogP contribution in [0.2, 0.25) is 0 Å². The third-order valence-electron chi connectivity index (χ3n) is 4.83. The molecule has 0 heterocycles. The van der Waals surface area contributed by atoms with Crippen LogP contribution in [0, 0.1) is 29.2 Å². The van der Waals surface area contributed by atoms with Crippen LogP contribution >= 0.6 is 0 Å². The standard InChI is InChI=1S/C17H18F4N2O3/c18-11-5-12(19)16(21)14(15(11)20)17(26)22-9-3-10(4-9)23(7-13(24)25)6-8-1-2-8/h5,8-10H,1-4,6-7H2,(H,22,26)(H,24,25). The molecule has 1 amide bonds. The molecule has 0 atom stereocenters. The molecular formula is C17H18F4N2O3. The van der Waals surface area contributed by atoms with Crippen LogP contribution in [0.5, 0.6) is 0 Å². The molecule has 2 N–H and O–H groups in total. The van der Waals surface area contributed by atoms with E-state index in [0.717, 1.165) is 12.8 Å². The molecule has 9 heteroatoms. The maximum atomic E-state index is 13.6. The lowest BCUT2D eigenvalue weighted by atomic mass is 9.85. The summed E-state index contributed by atoms with van der Waals surface area (Å²) < 4.78 is 53.7. The number of nitrogens with one attached hydrogen (secondary N) is 1. The van der Waals surface area contributed by atoms with Crippen molar-refractivity contribution in [3.05, 3.63) is 34.9 Å². The number of halogens is 4. The first-order valence-electron chi connectivity index (χ1n) is 8.36. The summed E-state index contributed by atoms with van der Waals surface area (Å²) in [4.78, 5) is 24.8. The molecule has 2 fully saturated rings. The van der Waals surface area contributed by atoms with Gasteiger partial charge >= 0.3 is 5.97 Å². The molecule has 2 saturated carbocycles. The van der Waals surface area contributed by atoms with Crippen molar-refractivity contribution in [3.63, 3.8) is 0 Å². The summed E-state index contributed by atoms with van der Waals surface area (Å²) in [6.07, 6.45) is 2.94. The Morgan fingerprint density at radius 2 is 1.69 bits per heavy atom. The zero-order valence-corrected chi connectivity index (χ0v) is 13.8. The van der Waals surface area contributed by atoms with E-state index >= 15 is 0 Å². The molecular weight excluding hydrogens is 356 g/mol. The number of hydrogen-bond donors (Lipinski definition) is 2. The van der Waals surface area contributed by atoms with Crippen molar-refractivity contribution in [1.29, 1.82) is 0 Å². The second-order valence-corrected chi connectivity index (χ2v) is 6.91. The Kier molecular flexibility index (Phi) is 5.17. The summed E-state index contributed by atoms with van der Waals surface area (Å²) >= 11 is 0. The van der Waals surface area contributed by atoms with Crippen molar-refractivity contribution in [1.82, 2.24) is 10.2 Å². The predicted octanol–water partition coefficient (Wildman–Crippen LogP) is 2.30. The quantitative estimate of drug-likeness (QED) is 0.568. The van der Waals surface area contributed by atoms with Crippen LogP contribution in [-0.2, 0) is 4.79 Å². The van der Waals surface area contributed by atoms with Gasteiger partial charge in [0.2, 0.25) is 0 Å². The van der Waals surface area contributed by atoms with Gasteiger partial charge in [-0.25, -0.2) is 17.6 Å². The fourth-order valence-corrected chi connectivity index (χ4v) is 3.18. The number of aliphatic carboxylic acids is 1. The molecule has 5 nitrogen and oxygen atoms in total. The number of carbonyl (C=O) groups excluding carboxylic acids is 1. The van der Waals surface area contributed by atoms with Gasteiger partial charge in [0.1, 0.15) is 5.56 Å². The summed E-state index contributed by atoms with van der Waals surface area (Å²) in [5, 5.41) is 11.3. The van der Waals surface area contributed by atoms with Crippen molar-refractivity contribution < 1.29 is 32.3 Å². The third-order valence-corrected chi connectivity index (χ3v) is 4.83. The topological polar surface area (TPSA) is 69.6 Å². The lowest BCUT2D eigenvalue weighted by molar-refractivity contribution is -0.139. The van der Waals surface area contributed by atoms with Crippen LogP contribution in [0.1, 0.15) is 36.0 Å². The van der Waals surface area contributed by atoms with Gasteiger partial charge in [0.05, 0.1) is 6.54 Å². The van der Waals surface area contributed by atoms with E-state index in [1.165, 1.54) is 0 Å². The molecule has 0 aromatic heterocycles. The average molecular weight is 374 g/mol. The fourth-order valence-electron chi connectivity index (χ4n) is 3.18. The first-order valence-corrected chi connectivity index (χ1v) is 8.36. The van der Waals surface area contributed by atoms with Gasteiger partial charge in [-0.1, -0.05) is 0 Å². The van der Waals surface area contributed by atoms with E-state index in [2.05, 4.69) is 5.32 Å². The van der Waals surface area contributed by atoms with Gasteiger partial charge in [-0.2, -0.15) is 0 Å². The number of benzene rings is 1. The van der Waals surface area contributed by atoms with E-state index in [9.17, 15) is 27.2 Å². The molecule has 0 saturated heterocycles. The lowest BCUT2D eigenvalue weighted by Crippen LogP contribution is -2.55. The van der Waals surface area contributed by atoms with Crippen LogP contribution < -0.4 is 5.32 Å². The van der Waals surface area contributed by atoms with E-state index in [-0.39, 0.29) is 18.7 Å². The van der Waals surface area contributed by atoms with Crippen molar-refractivity contribution in [2.24, 2.45) is 5.92 Å². The normalized spacial score (nSPS) is 22.2. The third kappa shape index (κ3) is 3.98. The minimum absolute atomic E-state index is 0.0441. The Morgan fingerprint density at radius 1 is 1.12 bits per heavy atom. The number of carboxylic acid groups (broad SMARTS) is 1. The van der Waals surface area contributed by atoms with Gasteiger partial charge in [0.15, 0.2) is 23.3 Å². The number of carboxylic acids is 1. The molecule has 142 valence electrons. The molecule has 2 aliphatic carbocycles. The van der Waals surface area contributed by atoms with E-state index in [0.29, 0.717) is 25.3 Å². The van der Waals surface area contributed by atoms with Crippen molar-refractivity contribution >= 4 is 11.9 Å². The summed E-state index contributed by atoms with van der Waals surface area (Å²) in [6, 6.07) is -0.452. The van der Waals surface area contributed by atoms with Crippen molar-refractivity contribution in [2.75, 3.05) is 13.1 Å². The molecule has 26 heavy (non-hydrogen) atoms. The minimum Gasteiger partial charge on any atom is -0.480 e. The fraction of sp³-hybridized carbons (Fsp3) is 0.529. The van der Waals surface area contributed by atoms with Gasteiger partial charge in [-0.05, 0) is 31.6 Å². The number of carbonyl (C=O) groups is 2. The number of rotatable bonds is 7. The van der Waals surface area contributed by atoms with E-state index < -0.39 is 46.8 Å². The summed E-state index contributed by atoms with van der Waals surface area (Å²) in [5.41, 5.74) is -1.29. The molecule has 0 spiro atoms. The Bertz CT molecular complexity index is 707. The molecule has 1 aromatic carbocycles. The first-order chi connectivity index (χ1) is 12.3. The highest BCUT2D eigenvalue weighted by molar-refractivity contribution is 5.95. The summed E-state index contributed by atoms with van der Waals surface area (Å²) in [5.74, 6) is -8.44. The van der Waals surface area contributed by atoms with E-state index in [1.807, 2.05) is 4.90 Å². The van der Waals surface area contributed by atoms with Gasteiger partial charge in [-0.3, -0.25) is 14.5 Å². The monoisotopic (exact) mass is 374 g/mol. The van der Waals surface area contributed by atoms with Gasteiger partial charge in [0.25, 0.3) is 5.91 Å². The lowest BCUT2D eigenvalue weighted by Gasteiger charge is -2.42. The van der Waals surface area contributed by atoms with Crippen LogP contribution in [0.3, 0.4) is 0 Å². The van der Waals surface area contributed by atoms with E-state index in [4.69, 9.17) is 5.11 Å². The van der Waals surface area contributed by atoms with Gasteiger partial charge in [0, 0.05) is 24.7 Å². The smallest absolute Gasteiger partial charge is 0.317 e. The summed E-state index contributed by atoms with van der Waals surface area (Å²) in [7, 11) is 0. The highest BCUT2D eigenvalue weighted by atomic mass is 19.2. The highest BCUT2D eigenvalue weighted by Gasteiger charge is 2.38. The Labute approximate surface area is 147 Å². The first kappa shape index (κ1) is 18.6. The number of nitrogens with zero attached hydrogens (tertiary/aromatic N) is 1. The SMILES string of the molecule is O=C(O)CN(CC1CC1)C1CC(NC(=O)c2c(F)c(F)cc(F)c2F)C1. The molecule has 0 bridgehead atoms. The average Bonchev–Trinajstić information content (AvgIpc) is 3.31. The van der Waals surface area contributed by atoms with E-state index in [1.54, 1.807) is 0 Å². The largest absolute Gasteiger partial charge is 0.480 e. The van der Waals surface area contributed by atoms with Gasteiger partial charge < -0.3 is 10.4 Å². The maximum absolute atomic E-state index is 13.6. The number of hydrogen-bond acceptors (Lipinski definition) is 3. The van der Waals surface area contributed by atoms with Gasteiger partial charge in [-0.15, -0.1) is 0 Å². The zero-order chi connectivity index (χ0) is 19.0. The van der Waals surface area contributed by atoms with Crippen LogP contribution in [0.25, 0.3) is 0 Å². The molecule has 3 rings (SSSR count). The molecule has 2 aliphatic rings. The second-order valence-electron chi connectivity index (χ2n) is 6.91. The Hall–Kier alpha value is -2.16. The minimum atomic E-state index is -1.74. The zero-order valence-electron chi connectivity index (χ0n) is 13.8. The van der Waals surface area contributed by atoms with Crippen molar-refractivity contribution in [2.45, 2.75) is 37.8 Å². The highest BCUT2D eigenvalue weighted by Crippen LogP contribution is 2.34. The second kappa shape index (κ2) is 7.22. The van der Waals surface area contributed by atoms with Crippen LogP contribution in [0.4, 0.5) is 17.6 Å². The Morgan fingerprint density at radius 3 is 2.19 bits per heavy atom. The maximum Gasteiger partial charge on any atom is 0.317 e. The van der Waals surface area contributed by atoms with Crippen LogP contribution in [0.15, 0.2) is 6.07 Å². The molecule has 0 radical (unpaired) electrons.